The molecule has 2 N–H and O–H groups in total. The van der Waals surface area contributed by atoms with Crippen LogP contribution in [0.2, 0.25) is 0 Å². The molecule has 0 spiro atoms. The summed E-state index contributed by atoms with van der Waals surface area (Å²) in [6.45, 7) is 1.30. The second-order valence-electron chi connectivity index (χ2n) is 6.13. The Morgan fingerprint density at radius 1 is 1.46 bits per heavy atom. The van der Waals surface area contributed by atoms with Crippen LogP contribution in [0.25, 0.3) is 10.9 Å². The van der Waals surface area contributed by atoms with Crippen LogP contribution in [0.3, 0.4) is 0 Å². The van der Waals surface area contributed by atoms with Crippen molar-refractivity contribution in [2.24, 2.45) is 0 Å². The zero-order chi connectivity index (χ0) is 16.5. The number of benzene rings is 1. The lowest BCUT2D eigenvalue weighted by atomic mass is 10.1. The minimum atomic E-state index is -0.120. The summed E-state index contributed by atoms with van der Waals surface area (Å²) in [5.41, 5.74) is 3.88. The van der Waals surface area contributed by atoms with Gasteiger partial charge in [-0.15, -0.1) is 0 Å². The molecule has 1 atom stereocenters. The maximum atomic E-state index is 12.3. The van der Waals surface area contributed by atoms with Crippen molar-refractivity contribution >= 4 is 16.8 Å². The molecule has 1 amide bonds. The minimum Gasteiger partial charge on any atom is -0.379 e. The Morgan fingerprint density at radius 3 is 3.17 bits per heavy atom. The summed E-state index contributed by atoms with van der Waals surface area (Å²) in [4.78, 5) is 15.5. The predicted octanol–water partition coefficient (Wildman–Crippen LogP) is 1.91. The van der Waals surface area contributed by atoms with Crippen molar-refractivity contribution in [3.05, 3.63) is 53.5 Å². The Balaban J connectivity index is 1.36. The number of amides is 1. The minimum absolute atomic E-state index is 0.120. The number of H-pyrrole nitrogens is 1. The second-order valence-corrected chi connectivity index (χ2v) is 6.13. The number of nitrogens with zero attached hydrogens (tertiary/aromatic N) is 2. The van der Waals surface area contributed by atoms with Crippen molar-refractivity contribution in [1.82, 2.24) is 20.1 Å². The molecule has 4 rings (SSSR count). The van der Waals surface area contributed by atoms with Gasteiger partial charge in [-0.05, 0) is 24.1 Å². The number of carbonyl (C=O) groups excluding carboxylic acids is 1. The SMILES string of the molecule is CO[C@H]1Cc2cc(C(=O)NCCc3c[nH]c4ccccc34)nn2C1. The van der Waals surface area contributed by atoms with E-state index in [0.717, 1.165) is 24.1 Å². The van der Waals surface area contributed by atoms with E-state index in [1.165, 1.54) is 10.9 Å². The number of rotatable bonds is 5. The van der Waals surface area contributed by atoms with Gasteiger partial charge in [0.05, 0.1) is 12.6 Å². The van der Waals surface area contributed by atoms with Crippen molar-refractivity contribution in [3.63, 3.8) is 0 Å². The van der Waals surface area contributed by atoms with Gasteiger partial charge in [0.25, 0.3) is 5.91 Å². The first-order valence-corrected chi connectivity index (χ1v) is 8.17. The molecule has 0 aliphatic carbocycles. The van der Waals surface area contributed by atoms with Gasteiger partial charge < -0.3 is 15.0 Å². The fourth-order valence-corrected chi connectivity index (χ4v) is 3.28. The molecule has 124 valence electrons. The average Bonchev–Trinajstić information content (AvgIpc) is 3.27. The third-order valence-corrected chi connectivity index (χ3v) is 4.60. The van der Waals surface area contributed by atoms with Crippen molar-refractivity contribution in [2.75, 3.05) is 13.7 Å². The van der Waals surface area contributed by atoms with Gasteiger partial charge in [-0.1, -0.05) is 18.2 Å². The smallest absolute Gasteiger partial charge is 0.271 e. The van der Waals surface area contributed by atoms with Gasteiger partial charge in [0, 0.05) is 42.9 Å². The van der Waals surface area contributed by atoms with Crippen LogP contribution < -0.4 is 5.32 Å². The first kappa shape index (κ1) is 15.0. The van der Waals surface area contributed by atoms with Crippen molar-refractivity contribution in [2.45, 2.75) is 25.5 Å². The molecule has 0 saturated heterocycles. The lowest BCUT2D eigenvalue weighted by Gasteiger charge is -2.05. The number of hydrogen-bond donors (Lipinski definition) is 2. The summed E-state index contributed by atoms with van der Waals surface area (Å²) < 4.78 is 7.19. The molecule has 0 radical (unpaired) electrons. The Hall–Kier alpha value is -2.60. The van der Waals surface area contributed by atoms with Gasteiger partial charge >= 0.3 is 0 Å². The summed E-state index contributed by atoms with van der Waals surface area (Å²) in [7, 11) is 1.70. The lowest BCUT2D eigenvalue weighted by Crippen LogP contribution is -2.26. The molecule has 24 heavy (non-hydrogen) atoms. The second kappa shape index (κ2) is 6.13. The topological polar surface area (TPSA) is 71.9 Å². The number of aromatic nitrogens is 3. The van der Waals surface area contributed by atoms with E-state index in [0.29, 0.717) is 18.8 Å². The van der Waals surface area contributed by atoms with E-state index in [9.17, 15) is 4.79 Å². The van der Waals surface area contributed by atoms with E-state index in [-0.39, 0.29) is 12.0 Å². The van der Waals surface area contributed by atoms with E-state index < -0.39 is 0 Å². The lowest BCUT2D eigenvalue weighted by molar-refractivity contribution is 0.0936. The van der Waals surface area contributed by atoms with E-state index in [1.807, 2.05) is 29.1 Å². The molecule has 1 aliphatic heterocycles. The summed E-state index contributed by atoms with van der Waals surface area (Å²) >= 11 is 0. The monoisotopic (exact) mass is 324 g/mol. The number of aromatic amines is 1. The van der Waals surface area contributed by atoms with Crippen LogP contribution in [-0.4, -0.2) is 40.4 Å². The van der Waals surface area contributed by atoms with Crippen LogP contribution in [0.1, 0.15) is 21.7 Å². The summed E-state index contributed by atoms with van der Waals surface area (Å²) in [5.74, 6) is -0.120. The van der Waals surface area contributed by atoms with Crippen LogP contribution in [0.4, 0.5) is 0 Å². The quantitative estimate of drug-likeness (QED) is 0.753. The fourth-order valence-electron chi connectivity index (χ4n) is 3.28. The van der Waals surface area contributed by atoms with Gasteiger partial charge in [-0.2, -0.15) is 5.10 Å². The number of hydrogen-bond acceptors (Lipinski definition) is 3. The van der Waals surface area contributed by atoms with Crippen LogP contribution >= 0.6 is 0 Å². The van der Waals surface area contributed by atoms with Gasteiger partial charge in [0.1, 0.15) is 5.69 Å². The van der Waals surface area contributed by atoms with E-state index in [2.05, 4.69) is 27.5 Å². The maximum Gasteiger partial charge on any atom is 0.271 e. The zero-order valence-corrected chi connectivity index (χ0v) is 13.6. The Morgan fingerprint density at radius 2 is 2.33 bits per heavy atom. The Kier molecular flexibility index (Phi) is 3.82. The summed E-state index contributed by atoms with van der Waals surface area (Å²) in [6, 6.07) is 10.0. The largest absolute Gasteiger partial charge is 0.379 e. The molecule has 3 aromatic rings. The highest BCUT2D eigenvalue weighted by atomic mass is 16.5. The van der Waals surface area contributed by atoms with Crippen LogP contribution in [0, 0.1) is 0 Å². The predicted molar refractivity (Wildman–Crippen MR) is 91.1 cm³/mol. The Bertz CT molecular complexity index is 857. The van der Waals surface area contributed by atoms with Gasteiger partial charge in [-0.25, -0.2) is 0 Å². The number of fused-ring (bicyclic) bond motifs is 2. The number of nitrogens with one attached hydrogen (secondary N) is 2. The highest BCUT2D eigenvalue weighted by molar-refractivity contribution is 5.92. The number of carbonyl (C=O) groups is 1. The van der Waals surface area contributed by atoms with Crippen LogP contribution in [0.15, 0.2) is 36.5 Å². The average molecular weight is 324 g/mol. The third kappa shape index (κ3) is 2.69. The van der Waals surface area contributed by atoms with E-state index in [1.54, 1.807) is 7.11 Å². The summed E-state index contributed by atoms with van der Waals surface area (Å²) in [5, 5.41) is 8.54. The highest BCUT2D eigenvalue weighted by Crippen LogP contribution is 2.19. The number of para-hydroxylation sites is 1. The molecule has 0 fully saturated rings. The van der Waals surface area contributed by atoms with E-state index >= 15 is 0 Å². The van der Waals surface area contributed by atoms with Gasteiger partial charge in [0.15, 0.2) is 0 Å². The standard InChI is InChI=1S/C18H20N4O2/c1-24-14-8-13-9-17(21-22(13)11-14)18(23)19-7-6-12-10-20-16-5-3-2-4-15(12)16/h2-5,9-10,14,20H,6-8,11H2,1H3,(H,19,23)/t14-/m0/s1. The molecule has 3 heterocycles. The molecular formula is C18H20N4O2. The Labute approximate surface area is 139 Å². The summed E-state index contributed by atoms with van der Waals surface area (Å²) in [6.07, 6.45) is 3.78. The molecular weight excluding hydrogens is 304 g/mol. The van der Waals surface area contributed by atoms with Gasteiger partial charge in [0.2, 0.25) is 0 Å². The molecule has 2 aromatic heterocycles. The molecule has 6 heteroatoms. The van der Waals surface area contributed by atoms with E-state index in [4.69, 9.17) is 4.74 Å². The maximum absolute atomic E-state index is 12.3. The number of ether oxygens (including phenoxy) is 1. The molecule has 0 saturated carbocycles. The number of methoxy groups -OCH3 is 1. The van der Waals surface area contributed by atoms with Crippen LogP contribution in [-0.2, 0) is 24.1 Å². The first-order chi connectivity index (χ1) is 11.7. The molecule has 0 unspecified atom stereocenters. The molecule has 1 aliphatic rings. The van der Waals surface area contributed by atoms with Crippen LogP contribution in [0.5, 0.6) is 0 Å². The highest BCUT2D eigenvalue weighted by Gasteiger charge is 2.24. The third-order valence-electron chi connectivity index (χ3n) is 4.60. The molecule has 0 bridgehead atoms. The first-order valence-electron chi connectivity index (χ1n) is 8.17. The van der Waals surface area contributed by atoms with Gasteiger partial charge in [-0.3, -0.25) is 9.48 Å². The van der Waals surface area contributed by atoms with Crippen molar-refractivity contribution < 1.29 is 9.53 Å². The fraction of sp³-hybridized carbons (Fsp3) is 0.333. The van der Waals surface area contributed by atoms with Crippen molar-refractivity contribution in [1.29, 1.82) is 0 Å². The zero-order valence-electron chi connectivity index (χ0n) is 13.6. The molecule has 6 nitrogen and oxygen atoms in total. The van der Waals surface area contributed by atoms with Crippen molar-refractivity contribution in [3.8, 4) is 0 Å². The molecule has 1 aromatic carbocycles. The normalized spacial score (nSPS) is 16.5.